The summed E-state index contributed by atoms with van der Waals surface area (Å²) in [5.74, 6) is 0.790. The van der Waals surface area contributed by atoms with Crippen LogP contribution in [-0.2, 0) is 0 Å². The third kappa shape index (κ3) is 3.16. The Hall–Kier alpha value is -3.12. The van der Waals surface area contributed by atoms with E-state index in [1.165, 1.54) is 11.1 Å². The molecule has 0 radical (unpaired) electrons. The lowest BCUT2D eigenvalue weighted by Crippen LogP contribution is -2.40. The van der Waals surface area contributed by atoms with E-state index in [9.17, 15) is 4.79 Å². The van der Waals surface area contributed by atoms with Crippen molar-refractivity contribution in [2.45, 2.75) is 44.6 Å². The van der Waals surface area contributed by atoms with Crippen molar-refractivity contribution >= 4 is 5.78 Å². The Morgan fingerprint density at radius 3 is 2.75 bits per heavy atom. The fraction of sp³-hybridized carbons (Fsp3) is 0.280. The smallest absolute Gasteiger partial charge is 0.170 e. The molecule has 1 heterocycles. The van der Waals surface area contributed by atoms with Crippen LogP contribution in [0, 0.1) is 11.3 Å². The van der Waals surface area contributed by atoms with E-state index in [4.69, 9.17) is 10.00 Å². The molecule has 2 aromatic carbocycles. The largest absolute Gasteiger partial charge is 0.485 e. The molecule has 1 aliphatic heterocycles. The summed E-state index contributed by atoms with van der Waals surface area (Å²) in [6.45, 7) is 6.12. The van der Waals surface area contributed by atoms with Crippen molar-refractivity contribution < 1.29 is 9.53 Å². The first-order valence-corrected chi connectivity index (χ1v) is 9.77. The number of rotatable bonds is 4. The number of Topliss-reactive ketones (excluding diaryl/α,β-unsaturated/α-hetero) is 1. The van der Waals surface area contributed by atoms with Crippen molar-refractivity contribution in [3.63, 3.8) is 0 Å². The van der Waals surface area contributed by atoms with E-state index in [1.807, 2.05) is 42.5 Å². The Bertz CT molecular complexity index is 1040. The van der Waals surface area contributed by atoms with Crippen molar-refractivity contribution in [1.82, 2.24) is 0 Å². The van der Waals surface area contributed by atoms with Gasteiger partial charge in [-0.2, -0.15) is 5.26 Å². The second-order valence-electron chi connectivity index (χ2n) is 7.73. The summed E-state index contributed by atoms with van der Waals surface area (Å²) in [6, 6.07) is 15.3. The SMILES string of the molecule is C=CC1=C(CCC)CC2(CC(=O)c3cc(-c4cccc(C#N)c4)ccc3O2)C1. The zero-order chi connectivity index (χ0) is 19.7. The Morgan fingerprint density at radius 1 is 1.18 bits per heavy atom. The van der Waals surface area contributed by atoms with E-state index in [0.717, 1.165) is 36.8 Å². The molecule has 1 spiro atoms. The molecule has 3 heteroatoms. The fourth-order valence-electron chi connectivity index (χ4n) is 4.44. The van der Waals surface area contributed by atoms with Crippen molar-refractivity contribution in [1.29, 1.82) is 5.26 Å². The molecule has 2 aliphatic rings. The van der Waals surface area contributed by atoms with Crippen LogP contribution in [0.3, 0.4) is 0 Å². The van der Waals surface area contributed by atoms with E-state index in [0.29, 0.717) is 23.3 Å². The molecule has 140 valence electrons. The summed E-state index contributed by atoms with van der Waals surface area (Å²) in [5, 5.41) is 9.13. The average Bonchev–Trinajstić information content (AvgIpc) is 3.04. The molecule has 4 rings (SSSR count). The third-order valence-electron chi connectivity index (χ3n) is 5.71. The second kappa shape index (κ2) is 7.13. The molecular formula is C25H23NO2. The molecular weight excluding hydrogens is 346 g/mol. The lowest BCUT2D eigenvalue weighted by molar-refractivity contribution is 0.0469. The molecule has 0 aromatic heterocycles. The van der Waals surface area contributed by atoms with Crippen LogP contribution >= 0.6 is 0 Å². The van der Waals surface area contributed by atoms with Crippen LogP contribution in [-0.4, -0.2) is 11.4 Å². The van der Waals surface area contributed by atoms with E-state index >= 15 is 0 Å². The lowest BCUT2D eigenvalue weighted by Gasteiger charge is -2.35. The number of hydrogen-bond acceptors (Lipinski definition) is 3. The van der Waals surface area contributed by atoms with Gasteiger partial charge in [-0.3, -0.25) is 4.79 Å². The standard InChI is InChI=1S/C25H23NO2/c1-3-6-21-14-25(13-18(21)4-2)15-23(27)22-12-20(9-10-24(22)28-25)19-8-5-7-17(11-19)16-26/h4-5,7-12H,2-3,6,13-15H2,1H3. The molecule has 0 N–H and O–H groups in total. The highest BCUT2D eigenvalue weighted by molar-refractivity contribution is 6.01. The number of carbonyl (C=O) groups excluding carboxylic acids is 1. The maximum atomic E-state index is 13.0. The maximum absolute atomic E-state index is 13.0. The van der Waals surface area contributed by atoms with E-state index < -0.39 is 5.60 Å². The predicted molar refractivity (Wildman–Crippen MR) is 110 cm³/mol. The van der Waals surface area contributed by atoms with E-state index in [1.54, 1.807) is 6.07 Å². The zero-order valence-electron chi connectivity index (χ0n) is 16.1. The molecule has 0 saturated carbocycles. The highest BCUT2D eigenvalue weighted by Gasteiger charge is 2.45. The summed E-state index contributed by atoms with van der Waals surface area (Å²) in [5.41, 5.74) is 5.24. The van der Waals surface area contributed by atoms with Crippen molar-refractivity contribution in [2.24, 2.45) is 0 Å². The molecule has 1 unspecified atom stereocenters. The van der Waals surface area contributed by atoms with Crippen LogP contribution in [0.1, 0.15) is 54.9 Å². The molecule has 3 nitrogen and oxygen atoms in total. The molecule has 0 bridgehead atoms. The minimum atomic E-state index is -0.458. The van der Waals surface area contributed by atoms with Gasteiger partial charge in [0.1, 0.15) is 11.4 Å². The van der Waals surface area contributed by atoms with Crippen LogP contribution < -0.4 is 4.74 Å². The first-order chi connectivity index (χ1) is 13.6. The van der Waals surface area contributed by atoms with E-state index in [2.05, 4.69) is 19.6 Å². The average molecular weight is 369 g/mol. The number of ketones is 1. The van der Waals surface area contributed by atoms with E-state index in [-0.39, 0.29) is 5.78 Å². The number of hydrogen-bond donors (Lipinski definition) is 0. The topological polar surface area (TPSA) is 50.1 Å². The Balaban J connectivity index is 1.65. The molecule has 0 amide bonds. The van der Waals surface area contributed by atoms with Gasteiger partial charge in [-0.1, -0.05) is 49.8 Å². The number of ether oxygens (including phenoxy) is 1. The summed E-state index contributed by atoms with van der Waals surface area (Å²) in [6.07, 6.45) is 5.99. The quantitative estimate of drug-likeness (QED) is 0.663. The number of carbonyl (C=O) groups is 1. The summed E-state index contributed by atoms with van der Waals surface area (Å²) in [7, 11) is 0. The first-order valence-electron chi connectivity index (χ1n) is 9.77. The number of nitriles is 1. The highest BCUT2D eigenvalue weighted by Crippen LogP contribution is 2.47. The normalized spacial score (nSPS) is 20.6. The van der Waals surface area contributed by atoms with Gasteiger partial charge in [0.25, 0.3) is 0 Å². The van der Waals surface area contributed by atoms with Crippen LogP contribution in [0.4, 0.5) is 0 Å². The maximum Gasteiger partial charge on any atom is 0.170 e. The van der Waals surface area contributed by atoms with Gasteiger partial charge in [0.15, 0.2) is 5.78 Å². The van der Waals surface area contributed by atoms with Gasteiger partial charge >= 0.3 is 0 Å². The Morgan fingerprint density at radius 2 is 2.00 bits per heavy atom. The van der Waals surface area contributed by atoms with Gasteiger partial charge in [-0.25, -0.2) is 0 Å². The summed E-state index contributed by atoms with van der Waals surface area (Å²) in [4.78, 5) is 13.0. The van der Waals surface area contributed by atoms with Gasteiger partial charge in [-0.15, -0.1) is 0 Å². The van der Waals surface area contributed by atoms with Crippen molar-refractivity contribution in [3.8, 4) is 22.9 Å². The minimum Gasteiger partial charge on any atom is -0.485 e. The van der Waals surface area contributed by atoms with Gasteiger partial charge in [0.05, 0.1) is 23.6 Å². The van der Waals surface area contributed by atoms with Gasteiger partial charge < -0.3 is 4.74 Å². The van der Waals surface area contributed by atoms with Crippen LogP contribution in [0.15, 0.2) is 66.3 Å². The zero-order valence-corrected chi connectivity index (χ0v) is 16.1. The Kier molecular flexibility index (Phi) is 4.65. The lowest BCUT2D eigenvalue weighted by atomic mass is 9.85. The predicted octanol–water partition coefficient (Wildman–Crippen LogP) is 6.01. The number of benzene rings is 2. The second-order valence-corrected chi connectivity index (χ2v) is 7.73. The molecule has 1 atom stereocenters. The molecule has 2 aromatic rings. The minimum absolute atomic E-state index is 0.126. The van der Waals surface area contributed by atoms with Gasteiger partial charge in [-0.05, 0) is 47.4 Å². The molecule has 28 heavy (non-hydrogen) atoms. The van der Waals surface area contributed by atoms with Gasteiger partial charge in [0, 0.05) is 12.8 Å². The molecule has 0 saturated heterocycles. The monoisotopic (exact) mass is 369 g/mol. The molecule has 0 fully saturated rings. The highest BCUT2D eigenvalue weighted by atomic mass is 16.5. The third-order valence-corrected chi connectivity index (χ3v) is 5.71. The number of nitrogens with zero attached hydrogens (tertiary/aromatic N) is 1. The van der Waals surface area contributed by atoms with Crippen molar-refractivity contribution in [3.05, 3.63) is 77.4 Å². The van der Waals surface area contributed by atoms with Gasteiger partial charge in [0.2, 0.25) is 0 Å². The van der Waals surface area contributed by atoms with Crippen molar-refractivity contribution in [2.75, 3.05) is 0 Å². The summed E-state index contributed by atoms with van der Waals surface area (Å²) >= 11 is 0. The number of fused-ring (bicyclic) bond motifs is 1. The van der Waals surface area contributed by atoms with Crippen LogP contribution in [0.2, 0.25) is 0 Å². The summed E-state index contributed by atoms with van der Waals surface area (Å²) < 4.78 is 6.43. The van der Waals surface area contributed by atoms with Crippen LogP contribution in [0.5, 0.6) is 5.75 Å². The first kappa shape index (κ1) is 18.3. The van der Waals surface area contributed by atoms with Crippen LogP contribution in [0.25, 0.3) is 11.1 Å². The molecule has 1 aliphatic carbocycles. The fourth-order valence-corrected chi connectivity index (χ4v) is 4.44. The number of allylic oxidation sites excluding steroid dienone is 1. The Labute approximate surface area is 166 Å².